The van der Waals surface area contributed by atoms with Crippen LogP contribution in [0.3, 0.4) is 0 Å². The van der Waals surface area contributed by atoms with E-state index in [-0.39, 0.29) is 0 Å². The maximum Gasteiger partial charge on any atom is 0.338 e. The molecule has 3 rings (SSSR count). The van der Waals surface area contributed by atoms with Crippen LogP contribution in [0.15, 0.2) is 78.9 Å². The Morgan fingerprint density at radius 3 is 1.76 bits per heavy atom. The van der Waals surface area contributed by atoms with Crippen molar-refractivity contribution < 1.29 is 14.1 Å². The molecule has 0 atom stereocenters. The highest BCUT2D eigenvalue weighted by Crippen LogP contribution is 2.42. The van der Waals surface area contributed by atoms with Gasteiger partial charge in [0.2, 0.25) is 0 Å². The standard InChI is InChI=1S/C21H19O3P/c1-16-15-19(13-14-20(16)21(22)24-2)25(23,17-9-5-3-6-10-17)18-11-7-4-8-12-18/h3-15H,1-2H3. The van der Waals surface area contributed by atoms with Crippen LogP contribution in [0.25, 0.3) is 0 Å². The van der Waals surface area contributed by atoms with Crippen LogP contribution in [-0.2, 0) is 9.30 Å². The maximum atomic E-state index is 14.2. The Labute approximate surface area is 147 Å². The van der Waals surface area contributed by atoms with Gasteiger partial charge in [0.05, 0.1) is 12.7 Å². The first kappa shape index (κ1) is 17.2. The fourth-order valence-electron chi connectivity index (χ4n) is 2.91. The second-order valence-electron chi connectivity index (χ2n) is 5.77. The maximum absolute atomic E-state index is 14.2. The number of ether oxygens (including phenoxy) is 1. The topological polar surface area (TPSA) is 43.4 Å². The van der Waals surface area contributed by atoms with Crippen LogP contribution >= 0.6 is 7.14 Å². The number of rotatable bonds is 4. The van der Waals surface area contributed by atoms with Crippen molar-refractivity contribution in [1.82, 2.24) is 0 Å². The minimum Gasteiger partial charge on any atom is -0.465 e. The fraction of sp³-hybridized carbons (Fsp3) is 0.0952. The second-order valence-corrected chi connectivity index (χ2v) is 8.54. The van der Waals surface area contributed by atoms with Crippen LogP contribution in [0.5, 0.6) is 0 Å². The molecule has 0 aliphatic heterocycles. The number of aryl methyl sites for hydroxylation is 1. The Balaban J connectivity index is 2.22. The first-order valence-corrected chi connectivity index (χ1v) is 9.69. The number of carbonyl (C=O) groups is 1. The Bertz CT molecular complexity index is 890. The Hall–Kier alpha value is -2.64. The van der Waals surface area contributed by atoms with Gasteiger partial charge in [-0.25, -0.2) is 4.79 Å². The van der Waals surface area contributed by atoms with Gasteiger partial charge in [0.1, 0.15) is 0 Å². The summed E-state index contributed by atoms with van der Waals surface area (Å²) in [7, 11) is -1.66. The molecule has 0 radical (unpaired) electrons. The average Bonchev–Trinajstić information content (AvgIpc) is 2.68. The van der Waals surface area contributed by atoms with Crippen molar-refractivity contribution in [2.75, 3.05) is 7.11 Å². The average molecular weight is 350 g/mol. The first-order chi connectivity index (χ1) is 12.1. The molecule has 0 fully saturated rings. The van der Waals surface area contributed by atoms with E-state index in [4.69, 9.17) is 4.74 Å². The lowest BCUT2D eigenvalue weighted by molar-refractivity contribution is 0.0600. The van der Waals surface area contributed by atoms with E-state index in [9.17, 15) is 9.36 Å². The van der Waals surface area contributed by atoms with Crippen LogP contribution in [0.4, 0.5) is 0 Å². The third kappa shape index (κ3) is 3.16. The lowest BCUT2D eigenvalue weighted by Gasteiger charge is -2.21. The van der Waals surface area contributed by atoms with Crippen molar-refractivity contribution in [3.63, 3.8) is 0 Å². The number of esters is 1. The van der Waals surface area contributed by atoms with Crippen LogP contribution < -0.4 is 15.9 Å². The van der Waals surface area contributed by atoms with E-state index in [0.717, 1.165) is 16.2 Å². The van der Waals surface area contributed by atoms with Gasteiger partial charge in [0, 0.05) is 15.9 Å². The van der Waals surface area contributed by atoms with Gasteiger partial charge >= 0.3 is 5.97 Å². The molecular formula is C21H19O3P. The number of hydrogen-bond donors (Lipinski definition) is 0. The van der Waals surface area contributed by atoms with E-state index >= 15 is 0 Å². The van der Waals surface area contributed by atoms with Gasteiger partial charge in [-0.15, -0.1) is 0 Å². The Morgan fingerprint density at radius 2 is 1.32 bits per heavy atom. The van der Waals surface area contributed by atoms with Gasteiger partial charge < -0.3 is 9.30 Å². The molecule has 0 aliphatic rings. The molecule has 3 aromatic rings. The predicted octanol–water partition coefficient (Wildman–Crippen LogP) is 3.42. The zero-order valence-electron chi connectivity index (χ0n) is 14.2. The van der Waals surface area contributed by atoms with Crippen molar-refractivity contribution in [1.29, 1.82) is 0 Å². The summed E-state index contributed by atoms with van der Waals surface area (Å²) < 4.78 is 19.0. The van der Waals surface area contributed by atoms with E-state index in [1.165, 1.54) is 7.11 Å². The molecular weight excluding hydrogens is 331 g/mol. The summed E-state index contributed by atoms with van der Waals surface area (Å²) in [6.45, 7) is 1.83. The van der Waals surface area contributed by atoms with Crippen molar-refractivity contribution in [3.05, 3.63) is 90.0 Å². The lowest BCUT2D eigenvalue weighted by atomic mass is 10.1. The highest BCUT2D eigenvalue weighted by molar-refractivity contribution is 7.85. The third-order valence-electron chi connectivity index (χ3n) is 4.22. The van der Waals surface area contributed by atoms with E-state index in [1.807, 2.05) is 73.7 Å². The van der Waals surface area contributed by atoms with Crippen molar-refractivity contribution in [2.45, 2.75) is 6.92 Å². The molecule has 0 unspecified atom stereocenters. The van der Waals surface area contributed by atoms with E-state index < -0.39 is 13.1 Å². The summed E-state index contributed by atoms with van der Waals surface area (Å²) in [5.74, 6) is -0.390. The van der Waals surface area contributed by atoms with Crippen molar-refractivity contribution in [3.8, 4) is 0 Å². The summed E-state index contributed by atoms with van der Waals surface area (Å²) in [6.07, 6.45) is 0. The molecule has 3 nitrogen and oxygen atoms in total. The fourth-order valence-corrected chi connectivity index (χ4v) is 5.64. The highest BCUT2D eigenvalue weighted by atomic mass is 31.2. The highest BCUT2D eigenvalue weighted by Gasteiger charge is 2.30. The van der Waals surface area contributed by atoms with Gasteiger partial charge in [0.15, 0.2) is 7.14 Å². The molecule has 0 aromatic heterocycles. The predicted molar refractivity (Wildman–Crippen MR) is 102 cm³/mol. The van der Waals surface area contributed by atoms with Gasteiger partial charge in [0.25, 0.3) is 0 Å². The number of benzene rings is 3. The van der Waals surface area contributed by atoms with Gasteiger partial charge in [-0.1, -0.05) is 60.7 Å². The summed E-state index contributed by atoms with van der Waals surface area (Å²) in [4.78, 5) is 11.8. The molecule has 0 amide bonds. The monoisotopic (exact) mass is 350 g/mol. The largest absolute Gasteiger partial charge is 0.465 e. The lowest BCUT2D eigenvalue weighted by Crippen LogP contribution is -2.25. The quantitative estimate of drug-likeness (QED) is 0.535. The normalized spacial score (nSPS) is 11.1. The molecule has 0 heterocycles. The smallest absolute Gasteiger partial charge is 0.338 e. The van der Waals surface area contributed by atoms with Crippen LogP contribution in [0.1, 0.15) is 15.9 Å². The van der Waals surface area contributed by atoms with E-state index in [0.29, 0.717) is 10.9 Å². The third-order valence-corrected chi connectivity index (χ3v) is 7.27. The molecule has 0 saturated heterocycles. The SMILES string of the molecule is COC(=O)c1ccc(P(=O)(c2ccccc2)c2ccccc2)cc1C. The van der Waals surface area contributed by atoms with Gasteiger partial charge in [-0.05, 0) is 30.7 Å². The zero-order chi connectivity index (χ0) is 17.9. The van der Waals surface area contributed by atoms with Crippen LogP contribution in [0, 0.1) is 6.92 Å². The molecule has 3 aromatic carbocycles. The zero-order valence-corrected chi connectivity index (χ0v) is 15.1. The van der Waals surface area contributed by atoms with Gasteiger partial charge in [-0.2, -0.15) is 0 Å². The summed E-state index contributed by atoms with van der Waals surface area (Å²) in [6, 6.07) is 24.2. The van der Waals surface area contributed by atoms with Crippen LogP contribution in [0.2, 0.25) is 0 Å². The van der Waals surface area contributed by atoms with Crippen molar-refractivity contribution >= 4 is 29.0 Å². The molecule has 4 heteroatoms. The second kappa shape index (κ2) is 7.08. The Morgan fingerprint density at radius 1 is 0.800 bits per heavy atom. The molecule has 0 aliphatic carbocycles. The summed E-state index contributed by atoms with van der Waals surface area (Å²) in [5, 5.41) is 2.24. The minimum atomic E-state index is -3.01. The molecule has 126 valence electrons. The molecule has 0 saturated carbocycles. The number of hydrogen-bond acceptors (Lipinski definition) is 3. The molecule has 0 N–H and O–H groups in total. The van der Waals surface area contributed by atoms with E-state index in [1.54, 1.807) is 12.1 Å². The molecule has 0 spiro atoms. The number of methoxy groups -OCH3 is 1. The minimum absolute atomic E-state index is 0.390. The van der Waals surface area contributed by atoms with Crippen LogP contribution in [-0.4, -0.2) is 13.1 Å². The first-order valence-electron chi connectivity index (χ1n) is 7.98. The number of carbonyl (C=O) groups excluding carboxylic acids is 1. The summed E-state index contributed by atoms with van der Waals surface area (Å²) >= 11 is 0. The summed E-state index contributed by atoms with van der Waals surface area (Å²) in [5.41, 5.74) is 1.23. The molecule has 25 heavy (non-hydrogen) atoms. The van der Waals surface area contributed by atoms with Gasteiger partial charge in [-0.3, -0.25) is 0 Å². The Kier molecular flexibility index (Phi) is 4.87. The molecule has 0 bridgehead atoms. The van der Waals surface area contributed by atoms with E-state index in [2.05, 4.69) is 0 Å². The van der Waals surface area contributed by atoms with Crippen molar-refractivity contribution in [2.24, 2.45) is 0 Å².